The van der Waals surface area contributed by atoms with Gasteiger partial charge in [0.15, 0.2) is 0 Å². The molecule has 0 saturated heterocycles. The van der Waals surface area contributed by atoms with Crippen LogP contribution in [-0.2, 0) is 11.2 Å². The molecule has 1 aliphatic heterocycles. The van der Waals surface area contributed by atoms with Crippen molar-refractivity contribution >= 4 is 51.3 Å². The van der Waals surface area contributed by atoms with E-state index in [9.17, 15) is 9.59 Å². The lowest BCUT2D eigenvalue weighted by Crippen LogP contribution is -2.48. The van der Waals surface area contributed by atoms with Crippen molar-refractivity contribution in [1.29, 1.82) is 0 Å². The summed E-state index contributed by atoms with van der Waals surface area (Å²) in [6.45, 7) is 3.61. The smallest absolute Gasteiger partial charge is 0.297 e. The SMILES string of the molecule is CCc1nc2ccc(I)cc2c(=O)n1N1C(=O)/C(=C/c2ccc(OC)cc2)N=C1C. The van der Waals surface area contributed by atoms with Crippen LogP contribution < -0.4 is 15.3 Å². The molecule has 8 heteroatoms. The minimum atomic E-state index is -0.369. The van der Waals surface area contributed by atoms with Gasteiger partial charge in [0, 0.05) is 9.99 Å². The minimum absolute atomic E-state index is 0.259. The van der Waals surface area contributed by atoms with Gasteiger partial charge < -0.3 is 4.74 Å². The number of halogens is 1. The number of aromatic nitrogens is 2. The van der Waals surface area contributed by atoms with E-state index >= 15 is 0 Å². The van der Waals surface area contributed by atoms with E-state index in [1.807, 2.05) is 43.3 Å². The molecule has 1 aliphatic rings. The van der Waals surface area contributed by atoms with Crippen molar-refractivity contribution in [3.63, 3.8) is 0 Å². The number of aliphatic imine (C=N–C) groups is 1. The van der Waals surface area contributed by atoms with E-state index in [4.69, 9.17) is 4.74 Å². The predicted molar refractivity (Wildman–Crippen MR) is 125 cm³/mol. The number of carbonyl (C=O) groups is 1. The maximum atomic E-state index is 13.3. The highest BCUT2D eigenvalue weighted by atomic mass is 127. The topological polar surface area (TPSA) is 76.8 Å². The first kappa shape index (κ1) is 20.3. The van der Waals surface area contributed by atoms with Crippen molar-refractivity contribution < 1.29 is 9.53 Å². The summed E-state index contributed by atoms with van der Waals surface area (Å²) in [6.07, 6.45) is 2.19. The molecule has 2 heterocycles. The molecule has 0 aliphatic carbocycles. The predicted octanol–water partition coefficient (Wildman–Crippen LogP) is 3.51. The second-order valence-electron chi connectivity index (χ2n) is 6.74. The van der Waals surface area contributed by atoms with Gasteiger partial charge in [0.2, 0.25) is 0 Å². The average Bonchev–Trinajstić information content (AvgIpc) is 3.02. The van der Waals surface area contributed by atoms with Crippen LogP contribution in [0.4, 0.5) is 0 Å². The van der Waals surface area contributed by atoms with Crippen molar-refractivity contribution in [3.05, 3.63) is 73.5 Å². The van der Waals surface area contributed by atoms with Crippen LogP contribution in [0, 0.1) is 3.57 Å². The number of amidine groups is 1. The van der Waals surface area contributed by atoms with Gasteiger partial charge in [-0.15, -0.1) is 0 Å². The van der Waals surface area contributed by atoms with Crippen LogP contribution >= 0.6 is 22.6 Å². The van der Waals surface area contributed by atoms with E-state index < -0.39 is 0 Å². The van der Waals surface area contributed by atoms with Crippen LogP contribution in [0.2, 0.25) is 0 Å². The highest BCUT2D eigenvalue weighted by Gasteiger charge is 2.32. The van der Waals surface area contributed by atoms with Crippen molar-refractivity contribution in [2.24, 2.45) is 4.99 Å². The van der Waals surface area contributed by atoms with Crippen LogP contribution in [0.5, 0.6) is 5.75 Å². The molecule has 0 bridgehead atoms. The minimum Gasteiger partial charge on any atom is -0.497 e. The first-order valence-electron chi connectivity index (χ1n) is 9.40. The zero-order valence-corrected chi connectivity index (χ0v) is 18.9. The summed E-state index contributed by atoms with van der Waals surface area (Å²) in [7, 11) is 1.60. The Morgan fingerprint density at radius 2 is 1.87 bits per heavy atom. The molecule has 30 heavy (non-hydrogen) atoms. The standard InChI is InChI=1S/C22H19IN4O3/c1-4-20-25-18-10-7-15(23)12-17(18)21(28)27(20)26-13(2)24-19(22(26)29)11-14-5-8-16(30-3)9-6-14/h5-12H,4H2,1-3H3/b19-11-. The Hall–Kier alpha value is -3.01. The quantitative estimate of drug-likeness (QED) is 0.395. The lowest BCUT2D eigenvalue weighted by atomic mass is 10.2. The number of nitrogens with zero attached hydrogens (tertiary/aromatic N) is 4. The molecule has 0 saturated carbocycles. The van der Waals surface area contributed by atoms with Crippen LogP contribution in [0.15, 0.2) is 57.9 Å². The number of ether oxygens (including phenoxy) is 1. The lowest BCUT2D eigenvalue weighted by molar-refractivity contribution is -0.115. The normalized spacial score (nSPS) is 15.2. The number of methoxy groups -OCH3 is 1. The first-order valence-corrected chi connectivity index (χ1v) is 10.5. The molecule has 1 amide bonds. The molecule has 0 fully saturated rings. The summed E-state index contributed by atoms with van der Waals surface area (Å²) in [5, 5.41) is 1.77. The van der Waals surface area contributed by atoms with Gasteiger partial charge in [0.25, 0.3) is 11.5 Å². The maximum absolute atomic E-state index is 13.3. The molecule has 4 rings (SSSR count). The van der Waals surface area contributed by atoms with Gasteiger partial charge in [-0.3, -0.25) is 9.59 Å². The molecular formula is C22H19IN4O3. The van der Waals surface area contributed by atoms with E-state index in [-0.39, 0.29) is 17.2 Å². The van der Waals surface area contributed by atoms with Crippen molar-refractivity contribution in [3.8, 4) is 5.75 Å². The fraction of sp³-hybridized carbons (Fsp3) is 0.182. The molecular weight excluding hydrogens is 495 g/mol. The molecule has 7 nitrogen and oxygen atoms in total. The zero-order valence-electron chi connectivity index (χ0n) is 16.7. The monoisotopic (exact) mass is 514 g/mol. The Morgan fingerprint density at radius 1 is 1.13 bits per heavy atom. The summed E-state index contributed by atoms with van der Waals surface area (Å²) in [5.41, 5.74) is 1.40. The van der Waals surface area contributed by atoms with E-state index in [0.29, 0.717) is 29.0 Å². The largest absolute Gasteiger partial charge is 0.497 e. The van der Waals surface area contributed by atoms with Crippen LogP contribution in [-0.4, -0.2) is 28.5 Å². The molecule has 1 aromatic heterocycles. The number of hydrogen-bond acceptors (Lipinski definition) is 5. The highest BCUT2D eigenvalue weighted by molar-refractivity contribution is 14.1. The number of benzene rings is 2. The van der Waals surface area contributed by atoms with Gasteiger partial charge in [-0.25, -0.2) is 9.98 Å². The Labute approximate surface area is 186 Å². The highest BCUT2D eigenvalue weighted by Crippen LogP contribution is 2.21. The fourth-order valence-electron chi connectivity index (χ4n) is 3.34. The van der Waals surface area contributed by atoms with Crippen LogP contribution in [0.3, 0.4) is 0 Å². The third kappa shape index (κ3) is 3.51. The summed E-state index contributed by atoms with van der Waals surface area (Å²) < 4.78 is 7.43. The van der Waals surface area contributed by atoms with Gasteiger partial charge >= 0.3 is 0 Å². The summed E-state index contributed by atoms with van der Waals surface area (Å²) in [5.74, 6) is 1.28. The second kappa shape index (κ2) is 8.02. The number of hydrogen-bond donors (Lipinski definition) is 0. The van der Waals surface area contributed by atoms with Gasteiger partial charge in [-0.05, 0) is 71.5 Å². The molecule has 0 spiro atoms. The molecule has 0 unspecified atom stereocenters. The van der Waals surface area contributed by atoms with Crippen LogP contribution in [0.25, 0.3) is 17.0 Å². The van der Waals surface area contributed by atoms with Crippen molar-refractivity contribution in [2.45, 2.75) is 20.3 Å². The number of carbonyl (C=O) groups excluding carboxylic acids is 1. The van der Waals surface area contributed by atoms with Crippen LogP contribution in [0.1, 0.15) is 25.2 Å². The zero-order chi connectivity index (χ0) is 21.4. The fourth-order valence-corrected chi connectivity index (χ4v) is 3.83. The molecule has 3 aromatic rings. The summed E-state index contributed by atoms with van der Waals surface area (Å²) in [6, 6.07) is 12.8. The number of rotatable bonds is 4. The Morgan fingerprint density at radius 3 is 2.53 bits per heavy atom. The van der Waals surface area contributed by atoms with Crippen molar-refractivity contribution in [1.82, 2.24) is 9.66 Å². The number of amides is 1. The summed E-state index contributed by atoms with van der Waals surface area (Å²) in [4.78, 5) is 35.5. The Balaban J connectivity index is 1.81. The van der Waals surface area contributed by atoms with Gasteiger partial charge in [-0.1, -0.05) is 19.1 Å². The van der Waals surface area contributed by atoms with E-state index in [0.717, 1.165) is 14.9 Å². The first-order chi connectivity index (χ1) is 14.4. The van der Waals surface area contributed by atoms with Gasteiger partial charge in [-0.2, -0.15) is 9.69 Å². The summed E-state index contributed by atoms with van der Waals surface area (Å²) >= 11 is 2.15. The second-order valence-corrected chi connectivity index (χ2v) is 7.98. The molecule has 152 valence electrons. The maximum Gasteiger partial charge on any atom is 0.297 e. The van der Waals surface area contributed by atoms with E-state index in [2.05, 4.69) is 32.6 Å². The molecule has 0 atom stereocenters. The van der Waals surface area contributed by atoms with Gasteiger partial charge in [0.1, 0.15) is 23.1 Å². The van der Waals surface area contributed by atoms with E-state index in [1.165, 1.54) is 9.69 Å². The lowest BCUT2D eigenvalue weighted by Gasteiger charge is -2.21. The average molecular weight is 514 g/mol. The molecule has 2 aromatic carbocycles. The van der Waals surface area contributed by atoms with Crippen molar-refractivity contribution in [2.75, 3.05) is 12.1 Å². The number of fused-ring (bicyclic) bond motifs is 1. The molecule has 0 radical (unpaired) electrons. The number of aryl methyl sites for hydroxylation is 1. The third-order valence-electron chi connectivity index (χ3n) is 4.81. The Kier molecular flexibility index (Phi) is 5.42. The molecule has 0 N–H and O–H groups in total. The third-order valence-corrected chi connectivity index (χ3v) is 5.48. The van der Waals surface area contributed by atoms with E-state index in [1.54, 1.807) is 26.2 Å². The Bertz CT molecular complexity index is 1280. The van der Waals surface area contributed by atoms with Gasteiger partial charge in [0.05, 0.1) is 18.0 Å².